The molecular formula is C17H18BrFN2. The Balaban J connectivity index is 1.99. The molecule has 1 aliphatic rings. The van der Waals surface area contributed by atoms with Gasteiger partial charge in [-0.2, -0.15) is 0 Å². The van der Waals surface area contributed by atoms with E-state index >= 15 is 0 Å². The molecule has 1 N–H and O–H groups in total. The number of anilines is 1. The smallest absolute Gasteiger partial charge is 0.129 e. The highest BCUT2D eigenvalue weighted by Crippen LogP contribution is 2.32. The molecule has 2 aromatic rings. The lowest BCUT2D eigenvalue weighted by molar-refractivity contribution is 0.569. The number of rotatable bonds is 2. The van der Waals surface area contributed by atoms with E-state index in [1.165, 1.54) is 17.3 Å². The minimum atomic E-state index is -0.161. The maximum absolute atomic E-state index is 14.3. The normalized spacial score (nSPS) is 16.2. The highest BCUT2D eigenvalue weighted by molar-refractivity contribution is 9.10. The topological polar surface area (TPSA) is 15.3 Å². The predicted molar refractivity (Wildman–Crippen MR) is 88.0 cm³/mol. The molecule has 2 aromatic carbocycles. The summed E-state index contributed by atoms with van der Waals surface area (Å²) in [6.07, 6.45) is 0. The predicted octanol–water partition coefficient (Wildman–Crippen LogP) is 4.26. The fourth-order valence-corrected chi connectivity index (χ4v) is 3.23. The molecule has 0 amide bonds. The molecule has 21 heavy (non-hydrogen) atoms. The lowest BCUT2D eigenvalue weighted by Crippen LogP contribution is -2.31. The molecule has 1 atom stereocenters. The molecular weight excluding hydrogens is 331 g/mol. The Labute approximate surface area is 133 Å². The van der Waals surface area contributed by atoms with Gasteiger partial charge in [-0.15, -0.1) is 0 Å². The van der Waals surface area contributed by atoms with Crippen molar-refractivity contribution in [1.82, 2.24) is 5.32 Å². The summed E-state index contributed by atoms with van der Waals surface area (Å²) in [5, 5.41) is 3.42. The van der Waals surface area contributed by atoms with Gasteiger partial charge in [0.25, 0.3) is 0 Å². The zero-order valence-electron chi connectivity index (χ0n) is 11.9. The van der Waals surface area contributed by atoms with Crippen molar-refractivity contribution in [1.29, 1.82) is 0 Å². The second-order valence-corrected chi connectivity index (χ2v) is 6.26. The van der Waals surface area contributed by atoms with Gasteiger partial charge >= 0.3 is 0 Å². The van der Waals surface area contributed by atoms with Gasteiger partial charge in [0.1, 0.15) is 5.82 Å². The van der Waals surface area contributed by atoms with Gasteiger partial charge in [0.2, 0.25) is 0 Å². The van der Waals surface area contributed by atoms with Crippen LogP contribution >= 0.6 is 15.9 Å². The molecule has 0 bridgehead atoms. The minimum Gasteiger partial charge on any atom is -0.363 e. The first-order chi connectivity index (χ1) is 10.2. The van der Waals surface area contributed by atoms with Crippen LogP contribution in [0.2, 0.25) is 0 Å². The van der Waals surface area contributed by atoms with Crippen LogP contribution in [-0.4, -0.2) is 13.1 Å². The second kappa shape index (κ2) is 6.16. The van der Waals surface area contributed by atoms with Crippen LogP contribution in [0.1, 0.15) is 24.1 Å². The van der Waals surface area contributed by atoms with E-state index in [0.29, 0.717) is 0 Å². The Bertz CT molecular complexity index is 644. The molecule has 1 aliphatic heterocycles. The summed E-state index contributed by atoms with van der Waals surface area (Å²) < 4.78 is 15.0. The Morgan fingerprint density at radius 1 is 1.24 bits per heavy atom. The lowest BCUT2D eigenvalue weighted by Gasteiger charge is -2.31. The van der Waals surface area contributed by atoms with E-state index in [1.54, 1.807) is 0 Å². The minimum absolute atomic E-state index is 0.000787. The summed E-state index contributed by atoms with van der Waals surface area (Å²) in [5.74, 6) is -0.161. The van der Waals surface area contributed by atoms with Crippen molar-refractivity contribution in [2.75, 3.05) is 18.0 Å². The van der Waals surface area contributed by atoms with Crippen molar-refractivity contribution in [3.8, 4) is 0 Å². The fourth-order valence-electron chi connectivity index (χ4n) is 2.89. The van der Waals surface area contributed by atoms with E-state index in [-0.39, 0.29) is 11.9 Å². The van der Waals surface area contributed by atoms with Gasteiger partial charge in [0.05, 0.1) is 6.04 Å². The Hall–Kier alpha value is -1.39. The zero-order chi connectivity index (χ0) is 14.8. The van der Waals surface area contributed by atoms with Gasteiger partial charge in [0.15, 0.2) is 0 Å². The van der Waals surface area contributed by atoms with Gasteiger partial charge in [-0.25, -0.2) is 4.39 Å². The monoisotopic (exact) mass is 348 g/mol. The molecule has 0 saturated heterocycles. The van der Waals surface area contributed by atoms with Crippen LogP contribution in [0.15, 0.2) is 46.9 Å². The van der Waals surface area contributed by atoms with Crippen LogP contribution in [0, 0.1) is 5.82 Å². The second-order valence-electron chi connectivity index (χ2n) is 5.34. The van der Waals surface area contributed by atoms with Gasteiger partial charge in [-0.05, 0) is 30.7 Å². The van der Waals surface area contributed by atoms with Crippen LogP contribution < -0.4 is 10.2 Å². The van der Waals surface area contributed by atoms with Crippen LogP contribution in [-0.2, 0) is 6.54 Å². The SMILES string of the molecule is CC(c1ccc(Br)cc1F)N1CCNCc2ccccc21. The number of halogens is 2. The molecule has 0 aromatic heterocycles. The first-order valence-corrected chi connectivity index (χ1v) is 7.96. The van der Waals surface area contributed by atoms with Gasteiger partial charge in [-0.1, -0.05) is 40.2 Å². The maximum atomic E-state index is 14.3. The Morgan fingerprint density at radius 2 is 2.05 bits per heavy atom. The quantitative estimate of drug-likeness (QED) is 0.872. The first kappa shape index (κ1) is 14.5. The molecule has 0 spiro atoms. The number of nitrogens with zero attached hydrogens (tertiary/aromatic N) is 1. The molecule has 0 fully saturated rings. The van der Waals surface area contributed by atoms with Gasteiger partial charge < -0.3 is 10.2 Å². The number of nitrogens with one attached hydrogen (secondary N) is 1. The summed E-state index contributed by atoms with van der Waals surface area (Å²) in [5.41, 5.74) is 3.19. The highest BCUT2D eigenvalue weighted by atomic mass is 79.9. The van der Waals surface area contributed by atoms with Gasteiger partial charge in [0, 0.05) is 35.4 Å². The Kier molecular flexibility index (Phi) is 4.27. The Morgan fingerprint density at radius 3 is 2.86 bits per heavy atom. The number of benzene rings is 2. The third-order valence-corrected chi connectivity index (χ3v) is 4.52. The van der Waals surface area contributed by atoms with Crippen molar-refractivity contribution in [2.45, 2.75) is 19.5 Å². The molecule has 3 rings (SSSR count). The summed E-state index contributed by atoms with van der Waals surface area (Å²) in [4.78, 5) is 2.28. The fraction of sp³-hybridized carbons (Fsp3) is 0.294. The highest BCUT2D eigenvalue weighted by Gasteiger charge is 2.22. The van der Waals surface area contributed by atoms with Crippen molar-refractivity contribution >= 4 is 21.6 Å². The third kappa shape index (κ3) is 2.97. The van der Waals surface area contributed by atoms with E-state index in [9.17, 15) is 4.39 Å². The van der Waals surface area contributed by atoms with Crippen LogP contribution in [0.25, 0.3) is 0 Å². The summed E-state index contributed by atoms with van der Waals surface area (Å²) in [6.45, 7) is 4.70. The zero-order valence-corrected chi connectivity index (χ0v) is 13.5. The van der Waals surface area contributed by atoms with E-state index in [0.717, 1.165) is 29.7 Å². The number of para-hydroxylation sites is 1. The summed E-state index contributed by atoms with van der Waals surface area (Å²) in [6, 6.07) is 13.6. The molecule has 110 valence electrons. The number of hydrogen-bond donors (Lipinski definition) is 1. The van der Waals surface area contributed by atoms with Crippen molar-refractivity contribution in [3.05, 3.63) is 63.9 Å². The van der Waals surface area contributed by atoms with E-state index in [2.05, 4.69) is 51.3 Å². The van der Waals surface area contributed by atoms with Crippen LogP contribution in [0.4, 0.5) is 10.1 Å². The van der Waals surface area contributed by atoms with E-state index < -0.39 is 0 Å². The van der Waals surface area contributed by atoms with Crippen molar-refractivity contribution in [3.63, 3.8) is 0 Å². The standard InChI is InChI=1S/C17H18BrFN2/c1-12(15-7-6-14(18)10-16(15)19)21-9-8-20-11-13-4-2-3-5-17(13)21/h2-7,10,12,20H,8-9,11H2,1H3. The van der Waals surface area contributed by atoms with Crippen molar-refractivity contribution in [2.24, 2.45) is 0 Å². The molecule has 0 radical (unpaired) electrons. The van der Waals surface area contributed by atoms with Crippen LogP contribution in [0.3, 0.4) is 0 Å². The van der Waals surface area contributed by atoms with Crippen molar-refractivity contribution < 1.29 is 4.39 Å². The van der Waals surface area contributed by atoms with Crippen LogP contribution in [0.5, 0.6) is 0 Å². The maximum Gasteiger partial charge on any atom is 0.129 e. The largest absolute Gasteiger partial charge is 0.363 e. The first-order valence-electron chi connectivity index (χ1n) is 7.17. The van der Waals surface area contributed by atoms with E-state index in [4.69, 9.17) is 0 Å². The molecule has 1 unspecified atom stereocenters. The average molecular weight is 349 g/mol. The molecule has 1 heterocycles. The van der Waals surface area contributed by atoms with Gasteiger partial charge in [-0.3, -0.25) is 0 Å². The van der Waals surface area contributed by atoms with E-state index in [1.807, 2.05) is 18.2 Å². The molecule has 2 nitrogen and oxygen atoms in total. The summed E-state index contributed by atoms with van der Waals surface area (Å²) >= 11 is 3.32. The molecule has 0 saturated carbocycles. The number of fused-ring (bicyclic) bond motifs is 1. The molecule has 0 aliphatic carbocycles. The summed E-state index contributed by atoms with van der Waals surface area (Å²) in [7, 11) is 0. The third-order valence-electron chi connectivity index (χ3n) is 4.03. The average Bonchev–Trinajstić information content (AvgIpc) is 2.69. The number of hydrogen-bond acceptors (Lipinski definition) is 2. The molecule has 4 heteroatoms. The lowest BCUT2D eigenvalue weighted by atomic mass is 10.0.